The molecule has 2 aromatic carbocycles. The van der Waals surface area contributed by atoms with Crippen LogP contribution in [0.25, 0.3) is 0 Å². The Balaban J connectivity index is 2.03. The number of benzene rings is 2. The van der Waals surface area contributed by atoms with Crippen molar-refractivity contribution >= 4 is 45.2 Å². The first-order valence-corrected chi connectivity index (χ1v) is 9.84. The number of anilines is 1. The Morgan fingerprint density at radius 3 is 2.59 bits per heavy atom. The van der Waals surface area contributed by atoms with E-state index in [1.54, 1.807) is 12.1 Å². The summed E-state index contributed by atoms with van der Waals surface area (Å²) in [5.74, 6) is -1.01. The third-order valence-electron chi connectivity index (χ3n) is 4.13. The van der Waals surface area contributed by atoms with Gasteiger partial charge in [0.2, 0.25) is 5.91 Å². The van der Waals surface area contributed by atoms with Crippen LogP contribution in [0.2, 0.25) is 0 Å². The van der Waals surface area contributed by atoms with E-state index in [4.69, 9.17) is 5.73 Å². The van der Waals surface area contributed by atoms with E-state index < -0.39 is 11.2 Å². The highest BCUT2D eigenvalue weighted by atomic mass is 79.9. The number of thioether (sulfide) groups is 1. The summed E-state index contributed by atoms with van der Waals surface area (Å²) in [6.07, 6.45) is 0.478. The maximum Gasteiger partial charge on any atom is 0.262 e. The first kappa shape index (κ1) is 19.2. The molecule has 2 aromatic rings. The van der Waals surface area contributed by atoms with Crippen LogP contribution in [0.5, 0.6) is 0 Å². The van der Waals surface area contributed by atoms with Gasteiger partial charge in [-0.3, -0.25) is 14.5 Å². The average Bonchev–Trinajstić information content (AvgIpc) is 2.92. The molecule has 27 heavy (non-hydrogen) atoms. The number of halogens is 1. The number of carbonyl (C=O) groups excluding carboxylic acids is 2. The Morgan fingerprint density at radius 1 is 1.30 bits per heavy atom. The molecular formula is C20H16BrN3O2S. The number of nitrogens with zero attached hydrogens (tertiary/aromatic N) is 2. The van der Waals surface area contributed by atoms with Gasteiger partial charge in [0.05, 0.1) is 5.25 Å². The second-order valence-electron chi connectivity index (χ2n) is 6.11. The Labute approximate surface area is 170 Å². The molecule has 1 aliphatic heterocycles. The number of rotatable bonds is 4. The summed E-state index contributed by atoms with van der Waals surface area (Å²) in [5, 5.41) is 9.24. The molecule has 0 aliphatic carbocycles. The zero-order valence-corrected chi connectivity index (χ0v) is 16.9. The van der Waals surface area contributed by atoms with Crippen LogP contribution in [0.3, 0.4) is 0 Å². The third kappa shape index (κ3) is 4.07. The molecule has 2 amide bonds. The van der Waals surface area contributed by atoms with Crippen molar-refractivity contribution in [3.05, 3.63) is 74.7 Å². The van der Waals surface area contributed by atoms with Gasteiger partial charge in [0.15, 0.2) is 0 Å². The SMILES string of the molecule is Cc1ccc(N2C(=O)[C@H](Cc3cccc(Br)c3)S/C2=C(/C#N)C(N)=O)cc1. The molecule has 1 saturated heterocycles. The topological polar surface area (TPSA) is 87.2 Å². The van der Waals surface area contributed by atoms with Crippen molar-refractivity contribution in [2.24, 2.45) is 5.73 Å². The van der Waals surface area contributed by atoms with E-state index >= 15 is 0 Å². The molecule has 1 aliphatic rings. The Hall–Kier alpha value is -2.56. The number of nitrogens with two attached hydrogens (primary N) is 1. The molecule has 1 atom stereocenters. The number of hydrogen-bond donors (Lipinski definition) is 1. The molecule has 0 spiro atoms. The van der Waals surface area contributed by atoms with Crippen molar-refractivity contribution in [2.45, 2.75) is 18.6 Å². The van der Waals surface area contributed by atoms with Gasteiger partial charge in [-0.1, -0.05) is 57.5 Å². The van der Waals surface area contributed by atoms with Gasteiger partial charge in [0, 0.05) is 10.2 Å². The lowest BCUT2D eigenvalue weighted by Gasteiger charge is -2.18. The number of primary amides is 1. The van der Waals surface area contributed by atoms with Crippen LogP contribution in [0.15, 0.2) is 63.6 Å². The summed E-state index contributed by atoms with van der Waals surface area (Å²) < 4.78 is 0.927. The Bertz CT molecular complexity index is 979. The van der Waals surface area contributed by atoms with Gasteiger partial charge in [-0.25, -0.2) is 0 Å². The minimum absolute atomic E-state index is 0.173. The van der Waals surface area contributed by atoms with Crippen molar-refractivity contribution in [3.63, 3.8) is 0 Å². The van der Waals surface area contributed by atoms with E-state index in [1.807, 2.05) is 49.4 Å². The summed E-state index contributed by atoms with van der Waals surface area (Å²) in [6, 6.07) is 16.9. The highest BCUT2D eigenvalue weighted by molar-refractivity contribution is 9.10. The Morgan fingerprint density at radius 2 is 2.00 bits per heavy atom. The van der Waals surface area contributed by atoms with Gasteiger partial charge in [0.25, 0.3) is 5.91 Å². The quantitative estimate of drug-likeness (QED) is 0.578. The van der Waals surface area contributed by atoms with Gasteiger partial charge in [-0.05, 0) is 43.2 Å². The van der Waals surface area contributed by atoms with Crippen molar-refractivity contribution in [1.82, 2.24) is 0 Å². The lowest BCUT2D eigenvalue weighted by atomic mass is 10.1. The van der Waals surface area contributed by atoms with Crippen LogP contribution in [-0.4, -0.2) is 17.1 Å². The summed E-state index contributed by atoms with van der Waals surface area (Å²) in [7, 11) is 0. The molecule has 1 fully saturated rings. The fourth-order valence-corrected chi connectivity index (χ4v) is 4.57. The lowest BCUT2D eigenvalue weighted by Crippen LogP contribution is -2.31. The zero-order chi connectivity index (χ0) is 19.6. The monoisotopic (exact) mass is 441 g/mol. The van der Waals surface area contributed by atoms with Crippen LogP contribution >= 0.6 is 27.7 Å². The molecule has 3 rings (SSSR count). The molecule has 5 nitrogen and oxygen atoms in total. The summed E-state index contributed by atoms with van der Waals surface area (Å²) in [4.78, 5) is 26.3. The average molecular weight is 442 g/mol. The first-order valence-electron chi connectivity index (χ1n) is 8.16. The second kappa shape index (κ2) is 7.99. The van der Waals surface area contributed by atoms with Gasteiger partial charge in [-0.15, -0.1) is 0 Å². The first-order chi connectivity index (χ1) is 12.9. The van der Waals surface area contributed by atoms with Crippen molar-refractivity contribution in [3.8, 4) is 6.07 Å². The second-order valence-corrected chi connectivity index (χ2v) is 8.21. The predicted octanol–water partition coefficient (Wildman–Crippen LogP) is 3.67. The van der Waals surface area contributed by atoms with Crippen LogP contribution in [0.4, 0.5) is 5.69 Å². The standard InChI is InChI=1S/C20H16BrN3O2S/c1-12-5-7-15(8-6-12)24-19(26)17(10-13-3-2-4-14(21)9-13)27-20(24)16(11-22)18(23)25/h2-9,17H,10H2,1H3,(H2,23,25)/b20-16-/t17-/m0/s1. The van der Waals surface area contributed by atoms with Crippen molar-refractivity contribution < 1.29 is 9.59 Å². The number of hydrogen-bond acceptors (Lipinski definition) is 4. The maximum atomic E-state index is 13.1. The van der Waals surface area contributed by atoms with E-state index in [9.17, 15) is 14.9 Å². The fraction of sp³-hybridized carbons (Fsp3) is 0.150. The van der Waals surface area contributed by atoms with Crippen molar-refractivity contribution in [1.29, 1.82) is 5.26 Å². The minimum Gasteiger partial charge on any atom is -0.365 e. The molecule has 0 unspecified atom stereocenters. The molecule has 1 heterocycles. The van der Waals surface area contributed by atoms with E-state index in [2.05, 4.69) is 15.9 Å². The van der Waals surface area contributed by atoms with E-state index in [1.165, 1.54) is 16.7 Å². The van der Waals surface area contributed by atoms with Gasteiger partial charge in [0.1, 0.15) is 16.7 Å². The number of aryl methyl sites for hydroxylation is 1. The fourth-order valence-electron chi connectivity index (χ4n) is 2.81. The molecule has 0 aromatic heterocycles. The number of nitriles is 1. The van der Waals surface area contributed by atoms with E-state index in [-0.39, 0.29) is 11.5 Å². The number of carbonyl (C=O) groups is 2. The molecule has 7 heteroatoms. The Kier molecular flexibility index (Phi) is 5.68. The largest absolute Gasteiger partial charge is 0.365 e. The zero-order valence-electron chi connectivity index (χ0n) is 14.5. The van der Waals surface area contributed by atoms with Gasteiger partial charge < -0.3 is 5.73 Å². The molecule has 136 valence electrons. The van der Waals surface area contributed by atoms with Crippen LogP contribution in [-0.2, 0) is 16.0 Å². The molecule has 0 saturated carbocycles. The third-order valence-corrected chi connectivity index (χ3v) is 5.88. The molecular weight excluding hydrogens is 426 g/mol. The van der Waals surface area contributed by atoms with Crippen molar-refractivity contribution in [2.75, 3.05) is 4.90 Å². The molecule has 0 bridgehead atoms. The lowest BCUT2D eigenvalue weighted by molar-refractivity contribution is -0.117. The minimum atomic E-state index is -0.840. The normalized spacial score (nSPS) is 18.3. The summed E-state index contributed by atoms with van der Waals surface area (Å²) in [5.41, 5.74) is 7.82. The highest BCUT2D eigenvalue weighted by Gasteiger charge is 2.40. The van der Waals surface area contributed by atoms with Crippen LogP contribution in [0, 0.1) is 18.3 Å². The molecule has 0 radical (unpaired) electrons. The predicted molar refractivity (Wildman–Crippen MR) is 110 cm³/mol. The van der Waals surface area contributed by atoms with Crippen LogP contribution < -0.4 is 10.6 Å². The van der Waals surface area contributed by atoms with Crippen LogP contribution in [0.1, 0.15) is 11.1 Å². The van der Waals surface area contributed by atoms with E-state index in [0.29, 0.717) is 17.1 Å². The number of amides is 2. The smallest absolute Gasteiger partial charge is 0.262 e. The van der Waals surface area contributed by atoms with Gasteiger partial charge in [-0.2, -0.15) is 5.26 Å². The van der Waals surface area contributed by atoms with E-state index in [0.717, 1.165) is 15.6 Å². The maximum absolute atomic E-state index is 13.1. The van der Waals surface area contributed by atoms with Gasteiger partial charge >= 0.3 is 0 Å². The molecule has 2 N–H and O–H groups in total. The summed E-state index contributed by atoms with van der Waals surface area (Å²) >= 11 is 4.64. The summed E-state index contributed by atoms with van der Waals surface area (Å²) in [6.45, 7) is 1.95. The highest BCUT2D eigenvalue weighted by Crippen LogP contribution is 2.41.